The Morgan fingerprint density at radius 3 is 2.75 bits per heavy atom. The lowest BCUT2D eigenvalue weighted by molar-refractivity contribution is -0.141. The zero-order chi connectivity index (χ0) is 12.1. The van der Waals surface area contributed by atoms with E-state index in [-0.39, 0.29) is 24.3 Å². The maximum atomic E-state index is 11.3. The van der Waals surface area contributed by atoms with Gasteiger partial charge in [-0.3, -0.25) is 4.79 Å². The molecule has 0 radical (unpaired) electrons. The van der Waals surface area contributed by atoms with E-state index in [2.05, 4.69) is 4.74 Å². The number of hydrogen-bond donors (Lipinski definition) is 1. The standard InChI is InChI=1S/C12H16ClNO2/c1-8(14)11(7-12(15)16-2)9-4-3-5-10(13)6-9/h3-6,8,11H,7,14H2,1-2H3. The predicted octanol–water partition coefficient (Wildman–Crippen LogP) is 2.33. The highest BCUT2D eigenvalue weighted by Crippen LogP contribution is 2.25. The van der Waals surface area contributed by atoms with Crippen molar-refractivity contribution in [3.05, 3.63) is 34.9 Å². The number of carbonyl (C=O) groups is 1. The van der Waals surface area contributed by atoms with Gasteiger partial charge in [0.25, 0.3) is 0 Å². The zero-order valence-electron chi connectivity index (χ0n) is 9.44. The minimum Gasteiger partial charge on any atom is -0.469 e. The fourth-order valence-electron chi connectivity index (χ4n) is 1.61. The Balaban J connectivity index is 2.89. The molecule has 0 bridgehead atoms. The van der Waals surface area contributed by atoms with Gasteiger partial charge >= 0.3 is 5.97 Å². The molecule has 0 aliphatic carbocycles. The third-order valence-corrected chi connectivity index (χ3v) is 2.76. The lowest BCUT2D eigenvalue weighted by Crippen LogP contribution is -2.27. The van der Waals surface area contributed by atoms with E-state index < -0.39 is 0 Å². The summed E-state index contributed by atoms with van der Waals surface area (Å²) in [5.41, 5.74) is 6.84. The Hall–Kier alpha value is -1.06. The Bertz CT molecular complexity index is 366. The number of methoxy groups -OCH3 is 1. The molecule has 0 saturated carbocycles. The summed E-state index contributed by atoms with van der Waals surface area (Å²) in [5, 5.41) is 0.646. The number of benzene rings is 1. The molecule has 0 aromatic heterocycles. The van der Waals surface area contributed by atoms with Crippen molar-refractivity contribution in [2.45, 2.75) is 25.3 Å². The van der Waals surface area contributed by atoms with Gasteiger partial charge in [-0.25, -0.2) is 0 Å². The summed E-state index contributed by atoms with van der Waals surface area (Å²) in [6.07, 6.45) is 0.272. The molecule has 1 aromatic carbocycles. The molecule has 0 spiro atoms. The van der Waals surface area contributed by atoms with Gasteiger partial charge in [0, 0.05) is 17.0 Å². The highest BCUT2D eigenvalue weighted by atomic mass is 35.5. The lowest BCUT2D eigenvalue weighted by atomic mass is 9.90. The maximum absolute atomic E-state index is 11.3. The van der Waals surface area contributed by atoms with Crippen molar-refractivity contribution in [3.63, 3.8) is 0 Å². The van der Waals surface area contributed by atoms with Crippen LogP contribution in [0.15, 0.2) is 24.3 Å². The van der Waals surface area contributed by atoms with E-state index in [1.54, 1.807) is 6.07 Å². The van der Waals surface area contributed by atoms with E-state index >= 15 is 0 Å². The molecule has 16 heavy (non-hydrogen) atoms. The second-order valence-corrected chi connectivity index (χ2v) is 4.24. The molecule has 0 aliphatic rings. The Labute approximate surface area is 101 Å². The first-order valence-electron chi connectivity index (χ1n) is 5.12. The van der Waals surface area contributed by atoms with E-state index in [0.29, 0.717) is 5.02 Å². The first-order valence-corrected chi connectivity index (χ1v) is 5.50. The number of halogens is 1. The van der Waals surface area contributed by atoms with Crippen molar-refractivity contribution in [1.82, 2.24) is 0 Å². The summed E-state index contributed by atoms with van der Waals surface area (Å²) in [4.78, 5) is 11.3. The Morgan fingerprint density at radius 1 is 1.56 bits per heavy atom. The molecule has 2 atom stereocenters. The average Bonchev–Trinajstić information content (AvgIpc) is 2.25. The molecule has 88 valence electrons. The quantitative estimate of drug-likeness (QED) is 0.824. The van der Waals surface area contributed by atoms with Gasteiger partial charge in [0.15, 0.2) is 0 Å². The third-order valence-electron chi connectivity index (χ3n) is 2.53. The van der Waals surface area contributed by atoms with Crippen molar-refractivity contribution in [2.75, 3.05) is 7.11 Å². The molecular formula is C12H16ClNO2. The number of carbonyl (C=O) groups excluding carboxylic acids is 1. The molecule has 4 heteroatoms. The first-order chi connectivity index (χ1) is 7.54. The zero-order valence-corrected chi connectivity index (χ0v) is 10.2. The van der Waals surface area contributed by atoms with Crippen molar-refractivity contribution in [2.24, 2.45) is 5.73 Å². The van der Waals surface area contributed by atoms with Gasteiger partial charge in [-0.05, 0) is 24.6 Å². The van der Waals surface area contributed by atoms with Crippen molar-refractivity contribution in [1.29, 1.82) is 0 Å². The topological polar surface area (TPSA) is 52.3 Å². The average molecular weight is 242 g/mol. The molecule has 0 aliphatic heterocycles. The van der Waals surface area contributed by atoms with Crippen LogP contribution in [0.3, 0.4) is 0 Å². The summed E-state index contributed by atoms with van der Waals surface area (Å²) in [7, 11) is 1.37. The van der Waals surface area contributed by atoms with Gasteiger partial charge in [0.2, 0.25) is 0 Å². The molecule has 3 nitrogen and oxygen atoms in total. The van der Waals surface area contributed by atoms with E-state index in [0.717, 1.165) is 5.56 Å². The van der Waals surface area contributed by atoms with Crippen LogP contribution >= 0.6 is 11.6 Å². The van der Waals surface area contributed by atoms with Crippen LogP contribution in [0.2, 0.25) is 5.02 Å². The van der Waals surface area contributed by atoms with Gasteiger partial charge in [-0.2, -0.15) is 0 Å². The number of hydrogen-bond acceptors (Lipinski definition) is 3. The van der Waals surface area contributed by atoms with Gasteiger partial charge in [-0.1, -0.05) is 23.7 Å². The molecule has 0 heterocycles. The SMILES string of the molecule is COC(=O)CC(c1cccc(Cl)c1)C(C)N. The molecule has 0 saturated heterocycles. The van der Waals surface area contributed by atoms with Crippen LogP contribution in [-0.2, 0) is 9.53 Å². The minimum atomic E-state index is -0.262. The molecule has 2 N–H and O–H groups in total. The van der Waals surface area contributed by atoms with Gasteiger partial charge in [0.05, 0.1) is 13.5 Å². The summed E-state index contributed by atoms with van der Waals surface area (Å²) in [5.74, 6) is -0.326. The third kappa shape index (κ3) is 3.51. The second-order valence-electron chi connectivity index (χ2n) is 3.80. The summed E-state index contributed by atoms with van der Waals surface area (Å²) < 4.78 is 4.66. The van der Waals surface area contributed by atoms with Crippen LogP contribution < -0.4 is 5.73 Å². The second kappa shape index (κ2) is 5.87. The van der Waals surface area contributed by atoms with Crippen LogP contribution in [0, 0.1) is 0 Å². The van der Waals surface area contributed by atoms with Crippen LogP contribution in [-0.4, -0.2) is 19.1 Å². The normalized spacial score (nSPS) is 14.2. The van der Waals surface area contributed by atoms with E-state index in [9.17, 15) is 4.79 Å². The Kier molecular flexibility index (Phi) is 4.77. The molecule has 1 rings (SSSR count). The monoisotopic (exact) mass is 241 g/mol. The number of esters is 1. The van der Waals surface area contributed by atoms with E-state index in [4.69, 9.17) is 17.3 Å². The van der Waals surface area contributed by atoms with Crippen molar-refractivity contribution in [3.8, 4) is 0 Å². The molecule has 0 fully saturated rings. The largest absolute Gasteiger partial charge is 0.469 e. The van der Waals surface area contributed by atoms with Crippen LogP contribution in [0.1, 0.15) is 24.8 Å². The van der Waals surface area contributed by atoms with Crippen molar-refractivity contribution >= 4 is 17.6 Å². The van der Waals surface area contributed by atoms with Gasteiger partial charge in [0.1, 0.15) is 0 Å². The van der Waals surface area contributed by atoms with Crippen LogP contribution in [0.25, 0.3) is 0 Å². The molecule has 1 aromatic rings. The predicted molar refractivity (Wildman–Crippen MR) is 64.5 cm³/mol. The molecule has 2 unspecified atom stereocenters. The fraction of sp³-hybridized carbons (Fsp3) is 0.417. The number of nitrogens with two attached hydrogens (primary N) is 1. The first kappa shape index (κ1) is 13.0. The molecule has 0 amide bonds. The van der Waals surface area contributed by atoms with Crippen LogP contribution in [0.5, 0.6) is 0 Å². The summed E-state index contributed by atoms with van der Waals surface area (Å²) in [6.45, 7) is 1.87. The minimum absolute atomic E-state index is 0.0638. The Morgan fingerprint density at radius 2 is 2.25 bits per heavy atom. The van der Waals surface area contributed by atoms with Crippen LogP contribution in [0.4, 0.5) is 0 Å². The summed E-state index contributed by atoms with van der Waals surface area (Å²) >= 11 is 5.91. The van der Waals surface area contributed by atoms with Crippen molar-refractivity contribution < 1.29 is 9.53 Å². The maximum Gasteiger partial charge on any atom is 0.306 e. The fourth-order valence-corrected chi connectivity index (χ4v) is 1.81. The summed E-state index contributed by atoms with van der Waals surface area (Å²) in [6, 6.07) is 7.27. The van der Waals surface area contributed by atoms with E-state index in [1.807, 2.05) is 25.1 Å². The van der Waals surface area contributed by atoms with E-state index in [1.165, 1.54) is 7.11 Å². The molecular weight excluding hydrogens is 226 g/mol. The smallest absolute Gasteiger partial charge is 0.306 e. The lowest BCUT2D eigenvalue weighted by Gasteiger charge is -2.20. The highest BCUT2D eigenvalue weighted by Gasteiger charge is 2.20. The highest BCUT2D eigenvalue weighted by molar-refractivity contribution is 6.30. The number of ether oxygens (including phenoxy) is 1. The van der Waals surface area contributed by atoms with Gasteiger partial charge < -0.3 is 10.5 Å². The number of rotatable bonds is 4. The van der Waals surface area contributed by atoms with Gasteiger partial charge in [-0.15, -0.1) is 0 Å².